The second-order valence-electron chi connectivity index (χ2n) is 4.43. The zero-order chi connectivity index (χ0) is 12.3. The van der Waals surface area contributed by atoms with Gasteiger partial charge in [-0.3, -0.25) is 0 Å². The van der Waals surface area contributed by atoms with E-state index in [1.54, 1.807) is 0 Å². The molecule has 17 heavy (non-hydrogen) atoms. The Balaban J connectivity index is 2.52. The highest BCUT2D eigenvalue weighted by atomic mass is 16.4. The highest BCUT2D eigenvalue weighted by molar-refractivity contribution is 5.77. The van der Waals surface area contributed by atoms with Crippen molar-refractivity contribution in [2.45, 2.75) is 39.5 Å². The molecular formula is C15H18O2. The lowest BCUT2D eigenvalue weighted by atomic mass is 10.1. The van der Waals surface area contributed by atoms with Gasteiger partial charge in [0.25, 0.3) is 0 Å². The third-order valence-electron chi connectivity index (χ3n) is 2.93. The van der Waals surface area contributed by atoms with E-state index in [1.165, 1.54) is 5.56 Å². The molecule has 0 aliphatic rings. The van der Waals surface area contributed by atoms with Crippen molar-refractivity contribution in [2.75, 3.05) is 0 Å². The molecule has 0 aliphatic heterocycles. The lowest BCUT2D eigenvalue weighted by Gasteiger charge is -2.03. The third-order valence-corrected chi connectivity index (χ3v) is 2.93. The summed E-state index contributed by atoms with van der Waals surface area (Å²) in [5.41, 5.74) is 2.59. The largest absolute Gasteiger partial charge is 0.423 e. The molecule has 0 spiro atoms. The van der Waals surface area contributed by atoms with Crippen molar-refractivity contribution in [1.82, 2.24) is 0 Å². The van der Waals surface area contributed by atoms with Crippen molar-refractivity contribution in [2.24, 2.45) is 0 Å². The zero-order valence-corrected chi connectivity index (χ0v) is 10.5. The lowest BCUT2D eigenvalue weighted by Crippen LogP contribution is -2.06. The van der Waals surface area contributed by atoms with Gasteiger partial charge in [0.15, 0.2) is 0 Å². The highest BCUT2D eigenvalue weighted by Gasteiger charge is 2.05. The van der Waals surface area contributed by atoms with Gasteiger partial charge in [0.2, 0.25) is 0 Å². The summed E-state index contributed by atoms with van der Waals surface area (Å²) < 4.78 is 5.32. The Morgan fingerprint density at radius 1 is 1.06 bits per heavy atom. The molecule has 2 nitrogen and oxygen atoms in total. The van der Waals surface area contributed by atoms with Gasteiger partial charge in [0.05, 0.1) is 0 Å². The maximum atomic E-state index is 11.7. The fourth-order valence-corrected chi connectivity index (χ4v) is 2.10. The van der Waals surface area contributed by atoms with Crippen LogP contribution in [0.5, 0.6) is 0 Å². The minimum atomic E-state index is -0.192. The molecule has 2 rings (SSSR count). The van der Waals surface area contributed by atoms with Crippen molar-refractivity contribution in [1.29, 1.82) is 0 Å². The van der Waals surface area contributed by atoms with Gasteiger partial charge in [0, 0.05) is 10.9 Å². The van der Waals surface area contributed by atoms with E-state index in [2.05, 4.69) is 19.9 Å². The van der Waals surface area contributed by atoms with Gasteiger partial charge in [0.1, 0.15) is 5.58 Å². The Kier molecular flexibility index (Phi) is 3.62. The Morgan fingerprint density at radius 2 is 1.82 bits per heavy atom. The van der Waals surface area contributed by atoms with E-state index in [4.69, 9.17) is 4.42 Å². The summed E-state index contributed by atoms with van der Waals surface area (Å²) in [6.45, 7) is 4.23. The van der Waals surface area contributed by atoms with E-state index >= 15 is 0 Å². The molecular weight excluding hydrogens is 212 g/mol. The maximum absolute atomic E-state index is 11.7. The molecule has 0 unspecified atom stereocenters. The second kappa shape index (κ2) is 5.17. The SMILES string of the molecule is CCCc1ccc2oc(=O)c(CCC)cc2c1. The second-order valence-corrected chi connectivity index (χ2v) is 4.43. The smallest absolute Gasteiger partial charge is 0.339 e. The molecule has 2 aromatic rings. The van der Waals surface area contributed by atoms with E-state index in [-0.39, 0.29) is 5.63 Å². The molecule has 1 aromatic heterocycles. The summed E-state index contributed by atoms with van der Waals surface area (Å²) in [6.07, 6.45) is 3.95. The van der Waals surface area contributed by atoms with Gasteiger partial charge in [-0.25, -0.2) is 4.79 Å². The first-order chi connectivity index (χ1) is 8.24. The molecule has 0 bridgehead atoms. The first-order valence-corrected chi connectivity index (χ1v) is 6.30. The number of aryl methyl sites for hydroxylation is 2. The average Bonchev–Trinajstić information content (AvgIpc) is 2.31. The predicted octanol–water partition coefficient (Wildman–Crippen LogP) is 3.70. The monoisotopic (exact) mass is 230 g/mol. The van der Waals surface area contributed by atoms with Crippen molar-refractivity contribution in [3.8, 4) is 0 Å². The summed E-state index contributed by atoms with van der Waals surface area (Å²) in [7, 11) is 0. The van der Waals surface area contributed by atoms with Gasteiger partial charge in [-0.05, 0) is 36.6 Å². The Bertz CT molecular complexity index is 567. The lowest BCUT2D eigenvalue weighted by molar-refractivity contribution is 0.549. The Morgan fingerprint density at radius 3 is 2.53 bits per heavy atom. The van der Waals surface area contributed by atoms with Crippen LogP contribution in [0.4, 0.5) is 0 Å². The van der Waals surface area contributed by atoms with Crippen LogP contribution in [-0.2, 0) is 12.8 Å². The van der Waals surface area contributed by atoms with Crippen LogP contribution in [0.2, 0.25) is 0 Å². The minimum absolute atomic E-state index is 0.192. The van der Waals surface area contributed by atoms with Gasteiger partial charge in [-0.1, -0.05) is 32.8 Å². The number of benzene rings is 1. The van der Waals surface area contributed by atoms with Crippen LogP contribution in [-0.4, -0.2) is 0 Å². The Labute approximate surface area is 101 Å². The Hall–Kier alpha value is -1.57. The standard InChI is InChI=1S/C15H18O2/c1-3-5-11-7-8-14-13(9-11)10-12(6-4-2)15(16)17-14/h7-10H,3-6H2,1-2H3. The molecule has 0 atom stereocenters. The first-order valence-electron chi connectivity index (χ1n) is 6.30. The number of rotatable bonds is 4. The highest BCUT2D eigenvalue weighted by Crippen LogP contribution is 2.17. The average molecular weight is 230 g/mol. The topological polar surface area (TPSA) is 30.2 Å². The molecule has 1 heterocycles. The van der Waals surface area contributed by atoms with Crippen LogP contribution >= 0.6 is 0 Å². The number of hydrogen-bond acceptors (Lipinski definition) is 2. The van der Waals surface area contributed by atoms with Gasteiger partial charge < -0.3 is 4.42 Å². The number of fused-ring (bicyclic) bond motifs is 1. The molecule has 90 valence electrons. The quantitative estimate of drug-likeness (QED) is 0.750. The van der Waals surface area contributed by atoms with Gasteiger partial charge in [-0.15, -0.1) is 0 Å². The van der Waals surface area contributed by atoms with Crippen molar-refractivity contribution in [3.05, 3.63) is 45.8 Å². The van der Waals surface area contributed by atoms with Crippen molar-refractivity contribution in [3.63, 3.8) is 0 Å². The normalized spacial score (nSPS) is 10.9. The van der Waals surface area contributed by atoms with Crippen molar-refractivity contribution < 1.29 is 4.42 Å². The van der Waals surface area contributed by atoms with Crippen LogP contribution in [0, 0.1) is 0 Å². The van der Waals surface area contributed by atoms with Crippen molar-refractivity contribution >= 4 is 11.0 Å². The molecule has 0 aliphatic carbocycles. The summed E-state index contributed by atoms with van der Waals surface area (Å²) in [6, 6.07) is 8.04. The zero-order valence-electron chi connectivity index (χ0n) is 10.5. The minimum Gasteiger partial charge on any atom is -0.423 e. The van der Waals surface area contributed by atoms with E-state index < -0.39 is 0 Å². The predicted molar refractivity (Wildman–Crippen MR) is 70.5 cm³/mol. The summed E-state index contributed by atoms with van der Waals surface area (Å²) in [5.74, 6) is 0. The molecule has 0 saturated heterocycles. The molecule has 0 N–H and O–H groups in total. The van der Waals surface area contributed by atoms with E-state index in [1.807, 2.05) is 18.2 Å². The van der Waals surface area contributed by atoms with E-state index in [9.17, 15) is 4.79 Å². The van der Waals surface area contributed by atoms with E-state index in [0.29, 0.717) is 5.58 Å². The van der Waals surface area contributed by atoms with Gasteiger partial charge >= 0.3 is 5.63 Å². The van der Waals surface area contributed by atoms with E-state index in [0.717, 1.165) is 36.6 Å². The van der Waals surface area contributed by atoms with Crippen LogP contribution in [0.3, 0.4) is 0 Å². The fourth-order valence-electron chi connectivity index (χ4n) is 2.10. The molecule has 2 heteroatoms. The summed E-state index contributed by atoms with van der Waals surface area (Å²) >= 11 is 0. The van der Waals surface area contributed by atoms with Crippen LogP contribution < -0.4 is 5.63 Å². The third kappa shape index (κ3) is 2.57. The molecule has 1 aromatic carbocycles. The van der Waals surface area contributed by atoms with Crippen LogP contribution in [0.25, 0.3) is 11.0 Å². The molecule has 0 radical (unpaired) electrons. The number of hydrogen-bond donors (Lipinski definition) is 0. The van der Waals surface area contributed by atoms with Crippen LogP contribution in [0.15, 0.2) is 33.5 Å². The van der Waals surface area contributed by atoms with Gasteiger partial charge in [-0.2, -0.15) is 0 Å². The summed E-state index contributed by atoms with van der Waals surface area (Å²) in [5, 5.41) is 1.04. The van der Waals surface area contributed by atoms with Crippen LogP contribution in [0.1, 0.15) is 37.8 Å². The maximum Gasteiger partial charge on any atom is 0.339 e. The summed E-state index contributed by atoms with van der Waals surface area (Å²) in [4.78, 5) is 11.7. The molecule has 0 saturated carbocycles. The first kappa shape index (κ1) is 11.9. The fraction of sp³-hybridized carbons (Fsp3) is 0.400. The molecule has 0 fully saturated rings. The molecule has 0 amide bonds.